The predicted molar refractivity (Wildman–Crippen MR) is 83.1 cm³/mol. The van der Waals surface area contributed by atoms with E-state index in [4.69, 9.17) is 16.7 Å². The van der Waals surface area contributed by atoms with E-state index >= 15 is 0 Å². The molecule has 106 valence electrons. The summed E-state index contributed by atoms with van der Waals surface area (Å²) in [7, 11) is 0. The molecule has 1 N–H and O–H groups in total. The van der Waals surface area contributed by atoms with Gasteiger partial charge in [0.15, 0.2) is 0 Å². The molecule has 1 aromatic heterocycles. The first-order chi connectivity index (χ1) is 9.63. The van der Waals surface area contributed by atoms with E-state index in [-0.39, 0.29) is 6.61 Å². The second kappa shape index (κ2) is 6.73. The zero-order chi connectivity index (χ0) is 14.5. The Balaban J connectivity index is 2.24. The summed E-state index contributed by atoms with van der Waals surface area (Å²) in [6, 6.07) is 11.7. The summed E-state index contributed by atoms with van der Waals surface area (Å²) in [6.07, 6.45) is 0. The van der Waals surface area contributed by atoms with Gasteiger partial charge in [0.2, 0.25) is 0 Å². The minimum Gasteiger partial charge on any atom is -0.392 e. The van der Waals surface area contributed by atoms with Crippen molar-refractivity contribution in [2.24, 2.45) is 0 Å². The number of aliphatic hydroxyl groups excluding tert-OH is 1. The predicted octanol–water partition coefficient (Wildman–Crippen LogP) is 3.56. The van der Waals surface area contributed by atoms with Crippen molar-refractivity contribution in [3.05, 3.63) is 58.4 Å². The maximum Gasteiger partial charge on any atom is 0.0682 e. The van der Waals surface area contributed by atoms with Crippen LogP contribution in [-0.4, -0.2) is 16.6 Å². The summed E-state index contributed by atoms with van der Waals surface area (Å²) in [4.78, 5) is 6.70. The largest absolute Gasteiger partial charge is 0.392 e. The molecule has 0 saturated heterocycles. The van der Waals surface area contributed by atoms with Crippen LogP contribution in [0.4, 0.5) is 5.69 Å². The first kappa shape index (κ1) is 14.8. The normalized spacial score (nSPS) is 10.6. The van der Waals surface area contributed by atoms with Gasteiger partial charge in [-0.3, -0.25) is 4.98 Å². The highest BCUT2D eigenvalue weighted by molar-refractivity contribution is 6.33. The highest BCUT2D eigenvalue weighted by Crippen LogP contribution is 2.28. The summed E-state index contributed by atoms with van der Waals surface area (Å²) < 4.78 is 0. The molecule has 0 amide bonds. The van der Waals surface area contributed by atoms with Gasteiger partial charge in [-0.2, -0.15) is 0 Å². The average Bonchev–Trinajstić information content (AvgIpc) is 2.45. The number of benzene rings is 1. The Morgan fingerprint density at radius 3 is 2.65 bits per heavy atom. The van der Waals surface area contributed by atoms with Crippen molar-refractivity contribution >= 4 is 17.3 Å². The number of halogens is 1. The first-order valence-electron chi connectivity index (χ1n) is 6.70. The molecule has 2 rings (SSSR count). The number of aromatic nitrogens is 1. The Bertz CT molecular complexity index is 586. The maximum atomic E-state index is 9.13. The molecule has 1 aromatic carbocycles. The van der Waals surface area contributed by atoms with Gasteiger partial charge in [-0.15, -0.1) is 0 Å². The quantitative estimate of drug-likeness (QED) is 0.915. The lowest BCUT2D eigenvalue weighted by Crippen LogP contribution is -2.23. The van der Waals surface area contributed by atoms with Crippen LogP contribution in [0.3, 0.4) is 0 Å². The lowest BCUT2D eigenvalue weighted by Gasteiger charge is -2.24. The van der Waals surface area contributed by atoms with Crippen LogP contribution in [0, 0.1) is 6.92 Å². The van der Waals surface area contributed by atoms with E-state index in [1.165, 1.54) is 0 Å². The second-order valence-electron chi connectivity index (χ2n) is 4.73. The van der Waals surface area contributed by atoms with Crippen molar-refractivity contribution in [2.45, 2.75) is 27.0 Å². The van der Waals surface area contributed by atoms with Crippen LogP contribution in [0.5, 0.6) is 0 Å². The van der Waals surface area contributed by atoms with Crippen LogP contribution < -0.4 is 4.90 Å². The van der Waals surface area contributed by atoms with Crippen LogP contribution in [0.2, 0.25) is 5.02 Å². The molecule has 2 aromatic rings. The fourth-order valence-electron chi connectivity index (χ4n) is 2.16. The summed E-state index contributed by atoms with van der Waals surface area (Å²) in [5, 5.41) is 9.79. The Hall–Kier alpha value is -1.58. The van der Waals surface area contributed by atoms with Crippen LogP contribution >= 0.6 is 11.6 Å². The van der Waals surface area contributed by atoms with E-state index in [0.717, 1.165) is 35.7 Å². The molecule has 0 spiro atoms. The third kappa shape index (κ3) is 3.50. The van der Waals surface area contributed by atoms with Crippen molar-refractivity contribution in [2.75, 3.05) is 11.4 Å². The van der Waals surface area contributed by atoms with E-state index in [1.807, 2.05) is 43.3 Å². The molecule has 0 unspecified atom stereocenters. The molecule has 0 aliphatic rings. The van der Waals surface area contributed by atoms with Gasteiger partial charge in [0, 0.05) is 12.2 Å². The molecule has 0 bridgehead atoms. The molecular weight excluding hydrogens is 272 g/mol. The fraction of sp³-hybridized carbons (Fsp3) is 0.312. The summed E-state index contributed by atoms with van der Waals surface area (Å²) in [6.45, 7) is 5.64. The van der Waals surface area contributed by atoms with E-state index in [1.54, 1.807) is 0 Å². The average molecular weight is 291 g/mol. The van der Waals surface area contributed by atoms with Crippen molar-refractivity contribution in [1.29, 1.82) is 0 Å². The maximum absolute atomic E-state index is 9.13. The number of hydrogen-bond donors (Lipinski definition) is 1. The number of aliphatic hydroxyl groups is 1. The monoisotopic (exact) mass is 290 g/mol. The first-order valence-corrected chi connectivity index (χ1v) is 7.08. The third-order valence-corrected chi connectivity index (χ3v) is 3.52. The highest BCUT2D eigenvalue weighted by atomic mass is 35.5. The molecule has 0 aliphatic heterocycles. The number of hydrogen-bond acceptors (Lipinski definition) is 3. The standard InChI is InChI=1S/C16H19ClN2O/c1-3-19(10-14-6-4-5-12(2)18-14)16-8-7-13(11-20)9-15(16)17/h4-9,20H,3,10-11H2,1-2H3. The molecule has 0 fully saturated rings. The molecule has 0 radical (unpaired) electrons. The van der Waals surface area contributed by atoms with Crippen molar-refractivity contribution in [3.8, 4) is 0 Å². The molecule has 0 atom stereocenters. The van der Waals surface area contributed by atoms with Gasteiger partial charge in [0.05, 0.1) is 29.6 Å². The van der Waals surface area contributed by atoms with Crippen LogP contribution in [-0.2, 0) is 13.2 Å². The molecule has 0 aliphatic carbocycles. The molecule has 0 saturated carbocycles. The second-order valence-corrected chi connectivity index (χ2v) is 5.14. The Morgan fingerprint density at radius 2 is 2.05 bits per heavy atom. The van der Waals surface area contributed by atoms with Gasteiger partial charge >= 0.3 is 0 Å². The Morgan fingerprint density at radius 1 is 1.25 bits per heavy atom. The molecule has 20 heavy (non-hydrogen) atoms. The summed E-state index contributed by atoms with van der Waals surface area (Å²) in [5.41, 5.74) is 3.83. The summed E-state index contributed by atoms with van der Waals surface area (Å²) in [5.74, 6) is 0. The molecule has 1 heterocycles. The Labute approximate surface area is 124 Å². The molecular formula is C16H19ClN2O. The number of aryl methyl sites for hydroxylation is 1. The van der Waals surface area contributed by atoms with Crippen molar-refractivity contribution < 1.29 is 5.11 Å². The zero-order valence-electron chi connectivity index (χ0n) is 11.8. The minimum atomic E-state index is 0.00552. The van der Waals surface area contributed by atoms with E-state index in [0.29, 0.717) is 5.02 Å². The Kier molecular flexibility index (Phi) is 4.99. The van der Waals surface area contributed by atoms with Gasteiger partial charge in [0.25, 0.3) is 0 Å². The van der Waals surface area contributed by atoms with E-state index < -0.39 is 0 Å². The minimum absolute atomic E-state index is 0.00552. The van der Waals surface area contributed by atoms with Crippen LogP contribution in [0.25, 0.3) is 0 Å². The number of rotatable bonds is 5. The van der Waals surface area contributed by atoms with Crippen molar-refractivity contribution in [1.82, 2.24) is 4.98 Å². The van der Waals surface area contributed by atoms with Gasteiger partial charge in [0.1, 0.15) is 0 Å². The van der Waals surface area contributed by atoms with Gasteiger partial charge in [-0.1, -0.05) is 23.7 Å². The molecule has 4 heteroatoms. The third-order valence-electron chi connectivity index (χ3n) is 3.22. The lowest BCUT2D eigenvalue weighted by atomic mass is 10.2. The smallest absolute Gasteiger partial charge is 0.0682 e. The van der Waals surface area contributed by atoms with Gasteiger partial charge < -0.3 is 10.0 Å². The van der Waals surface area contributed by atoms with Crippen LogP contribution in [0.15, 0.2) is 36.4 Å². The van der Waals surface area contributed by atoms with Crippen LogP contribution in [0.1, 0.15) is 23.9 Å². The topological polar surface area (TPSA) is 36.4 Å². The summed E-state index contributed by atoms with van der Waals surface area (Å²) >= 11 is 6.31. The fourth-order valence-corrected chi connectivity index (χ4v) is 2.48. The van der Waals surface area contributed by atoms with Gasteiger partial charge in [-0.05, 0) is 43.7 Å². The number of anilines is 1. The van der Waals surface area contributed by atoms with E-state index in [9.17, 15) is 0 Å². The van der Waals surface area contributed by atoms with Crippen molar-refractivity contribution in [3.63, 3.8) is 0 Å². The lowest BCUT2D eigenvalue weighted by molar-refractivity contribution is 0.282. The zero-order valence-corrected chi connectivity index (χ0v) is 12.6. The number of nitrogens with zero attached hydrogens (tertiary/aromatic N) is 2. The SMILES string of the molecule is CCN(Cc1cccc(C)n1)c1ccc(CO)cc1Cl. The molecule has 3 nitrogen and oxygen atoms in total. The van der Waals surface area contributed by atoms with E-state index in [2.05, 4.69) is 16.8 Å². The highest BCUT2D eigenvalue weighted by Gasteiger charge is 2.10. The van der Waals surface area contributed by atoms with Gasteiger partial charge in [-0.25, -0.2) is 0 Å². The number of pyridine rings is 1.